The number of carbonyl (C=O) groups excluding carboxylic acids is 3. The molecule has 0 saturated carbocycles. The molecular weight excluding hydrogens is 666 g/mol. The van der Waals surface area contributed by atoms with Crippen LogP contribution in [0.25, 0.3) is 0 Å². The van der Waals surface area contributed by atoms with Gasteiger partial charge in [-0.25, -0.2) is 0 Å². The Morgan fingerprint density at radius 3 is 1.45 bits per heavy atom. The third kappa shape index (κ3) is 33.8. The molecule has 0 aromatic carbocycles. The SMILES string of the molecule is CC/C=C/C/C=C/C/C=C/C/C=C/C/C=C/C/C=C/CCCC(=O)OC(COCCC(C(=O)[O-])[N+](C)(C)C)COC(=O)CCCC/C=C/C/C=C/CC. The third-order valence-electron chi connectivity index (χ3n) is 7.97. The van der Waals surface area contributed by atoms with Crippen molar-refractivity contribution in [3.05, 3.63) is 97.2 Å². The first-order valence-corrected chi connectivity index (χ1v) is 19.8. The van der Waals surface area contributed by atoms with Gasteiger partial charge in [0.1, 0.15) is 12.6 Å². The van der Waals surface area contributed by atoms with Crippen molar-refractivity contribution in [1.29, 1.82) is 0 Å². The normalized spacial score (nSPS) is 14.1. The van der Waals surface area contributed by atoms with Crippen LogP contribution in [0.3, 0.4) is 0 Å². The first kappa shape index (κ1) is 49.2. The van der Waals surface area contributed by atoms with Crippen molar-refractivity contribution >= 4 is 17.9 Å². The van der Waals surface area contributed by atoms with Crippen molar-refractivity contribution < 1.29 is 38.2 Å². The molecule has 0 rings (SSSR count). The van der Waals surface area contributed by atoms with Crippen LogP contribution < -0.4 is 5.11 Å². The van der Waals surface area contributed by atoms with Gasteiger partial charge in [0, 0.05) is 19.3 Å². The topological polar surface area (TPSA) is 102 Å². The Labute approximate surface area is 322 Å². The van der Waals surface area contributed by atoms with Gasteiger partial charge in [-0.05, 0) is 83.5 Å². The Kier molecular flexibility index (Phi) is 32.8. The number of carbonyl (C=O) groups is 3. The fraction of sp³-hybridized carbons (Fsp3) is 0.578. The zero-order chi connectivity index (χ0) is 39.3. The number of unbranched alkanes of at least 4 members (excludes halogenated alkanes) is 3. The minimum Gasteiger partial charge on any atom is -0.544 e. The monoisotopic (exact) mass is 738 g/mol. The van der Waals surface area contributed by atoms with Gasteiger partial charge in [0.2, 0.25) is 0 Å². The molecule has 8 heteroatoms. The molecule has 0 aromatic heterocycles. The van der Waals surface area contributed by atoms with Crippen molar-refractivity contribution in [1.82, 2.24) is 0 Å². The number of hydrogen-bond acceptors (Lipinski definition) is 7. The first-order valence-electron chi connectivity index (χ1n) is 19.8. The molecule has 0 N–H and O–H groups in total. The predicted octanol–water partition coefficient (Wildman–Crippen LogP) is 9.01. The molecule has 0 aliphatic rings. The lowest BCUT2D eigenvalue weighted by atomic mass is 10.1. The summed E-state index contributed by atoms with van der Waals surface area (Å²) in [5, 5.41) is 11.6. The van der Waals surface area contributed by atoms with Gasteiger partial charge in [-0.1, -0.05) is 111 Å². The summed E-state index contributed by atoms with van der Waals surface area (Å²) in [5.74, 6) is -1.88. The number of likely N-dealkylation sites (N-methyl/N-ethyl adjacent to an activating group) is 1. The lowest BCUT2D eigenvalue weighted by Crippen LogP contribution is -2.55. The van der Waals surface area contributed by atoms with Gasteiger partial charge in [-0.2, -0.15) is 0 Å². The molecule has 2 unspecified atom stereocenters. The summed E-state index contributed by atoms with van der Waals surface area (Å²) in [5.41, 5.74) is 0. The van der Waals surface area contributed by atoms with E-state index in [1.165, 1.54) is 0 Å². The molecule has 2 atom stereocenters. The van der Waals surface area contributed by atoms with Crippen LogP contribution in [0.15, 0.2) is 97.2 Å². The van der Waals surface area contributed by atoms with E-state index in [1.54, 1.807) is 21.1 Å². The van der Waals surface area contributed by atoms with Crippen LogP contribution in [0, 0.1) is 0 Å². The Morgan fingerprint density at radius 1 is 0.566 bits per heavy atom. The van der Waals surface area contributed by atoms with E-state index >= 15 is 0 Å². The van der Waals surface area contributed by atoms with E-state index in [0.717, 1.165) is 70.6 Å². The number of quaternary nitrogens is 1. The van der Waals surface area contributed by atoms with Crippen LogP contribution in [0.5, 0.6) is 0 Å². The van der Waals surface area contributed by atoms with E-state index in [9.17, 15) is 19.5 Å². The molecule has 0 amide bonds. The van der Waals surface area contributed by atoms with Crippen molar-refractivity contribution in [2.24, 2.45) is 0 Å². The van der Waals surface area contributed by atoms with Gasteiger partial charge in [-0.15, -0.1) is 0 Å². The summed E-state index contributed by atoms with van der Waals surface area (Å²) < 4.78 is 17.0. The van der Waals surface area contributed by atoms with E-state index < -0.39 is 18.1 Å². The molecule has 0 bridgehead atoms. The van der Waals surface area contributed by atoms with Crippen molar-refractivity contribution in [3.63, 3.8) is 0 Å². The number of nitrogens with zero attached hydrogens (tertiary/aromatic N) is 1. The highest BCUT2D eigenvalue weighted by Crippen LogP contribution is 2.10. The lowest BCUT2D eigenvalue weighted by Gasteiger charge is -2.34. The zero-order valence-electron chi connectivity index (χ0n) is 33.6. The van der Waals surface area contributed by atoms with Crippen LogP contribution >= 0.6 is 0 Å². The van der Waals surface area contributed by atoms with Crippen LogP contribution in [0.1, 0.15) is 117 Å². The maximum Gasteiger partial charge on any atom is 0.306 e. The number of esters is 2. The molecular formula is C45H71NO7. The first-order chi connectivity index (χ1) is 25.6. The number of aliphatic carboxylic acids is 1. The fourth-order valence-electron chi connectivity index (χ4n) is 4.94. The second-order valence-electron chi connectivity index (χ2n) is 13.7. The molecule has 0 radical (unpaired) electrons. The number of carboxylic acids is 1. The van der Waals surface area contributed by atoms with E-state index in [0.29, 0.717) is 12.8 Å². The maximum atomic E-state index is 12.6. The number of allylic oxidation sites excluding steroid dienone is 16. The largest absolute Gasteiger partial charge is 0.544 e. The van der Waals surface area contributed by atoms with E-state index in [-0.39, 0.29) is 55.5 Å². The number of carboxylic acid groups (broad SMARTS) is 1. The van der Waals surface area contributed by atoms with Crippen molar-refractivity contribution in [3.8, 4) is 0 Å². The summed E-state index contributed by atoms with van der Waals surface area (Å²) in [7, 11) is 5.35. The number of rotatable bonds is 33. The molecule has 0 aliphatic heterocycles. The fourth-order valence-corrected chi connectivity index (χ4v) is 4.94. The lowest BCUT2D eigenvalue weighted by molar-refractivity contribution is -0.889. The molecule has 298 valence electrons. The average Bonchev–Trinajstić information content (AvgIpc) is 3.11. The second kappa shape index (κ2) is 35.3. The third-order valence-corrected chi connectivity index (χ3v) is 7.97. The summed E-state index contributed by atoms with van der Waals surface area (Å²) >= 11 is 0. The molecule has 0 fully saturated rings. The minimum absolute atomic E-state index is 0.000350. The Morgan fingerprint density at radius 2 is 1.00 bits per heavy atom. The van der Waals surface area contributed by atoms with Gasteiger partial charge >= 0.3 is 11.9 Å². The van der Waals surface area contributed by atoms with Gasteiger partial charge < -0.3 is 28.6 Å². The Hall–Kier alpha value is -3.75. The Balaban J connectivity index is 4.53. The van der Waals surface area contributed by atoms with E-state index in [2.05, 4.69) is 111 Å². The summed E-state index contributed by atoms with van der Waals surface area (Å²) in [6, 6.07) is -0.745. The highest BCUT2D eigenvalue weighted by atomic mass is 16.6. The second-order valence-corrected chi connectivity index (χ2v) is 13.7. The smallest absolute Gasteiger partial charge is 0.306 e. The van der Waals surface area contributed by atoms with Crippen LogP contribution in [-0.4, -0.2) is 75.5 Å². The molecule has 0 aromatic rings. The molecule has 53 heavy (non-hydrogen) atoms. The minimum atomic E-state index is -1.14. The summed E-state index contributed by atoms with van der Waals surface area (Å²) in [6.45, 7) is 4.28. The molecule has 0 heterocycles. The summed E-state index contributed by atoms with van der Waals surface area (Å²) in [4.78, 5) is 36.6. The molecule has 0 saturated heterocycles. The predicted molar refractivity (Wildman–Crippen MR) is 217 cm³/mol. The molecule has 0 spiro atoms. The Bertz CT molecular complexity index is 1180. The van der Waals surface area contributed by atoms with Crippen LogP contribution in [0.4, 0.5) is 0 Å². The van der Waals surface area contributed by atoms with Crippen molar-refractivity contribution in [2.75, 3.05) is 41.0 Å². The maximum absolute atomic E-state index is 12.6. The van der Waals surface area contributed by atoms with Crippen molar-refractivity contribution in [2.45, 2.75) is 129 Å². The van der Waals surface area contributed by atoms with Gasteiger partial charge in [0.15, 0.2) is 6.10 Å². The van der Waals surface area contributed by atoms with Gasteiger partial charge in [0.05, 0.1) is 40.3 Å². The van der Waals surface area contributed by atoms with Crippen LogP contribution in [-0.2, 0) is 28.6 Å². The zero-order valence-corrected chi connectivity index (χ0v) is 33.6. The molecule has 8 nitrogen and oxygen atoms in total. The standard InChI is InChI=1S/C45H71NO7/c1-6-8-10-12-14-16-17-18-19-20-21-22-23-24-25-26-28-30-32-34-36-44(48)53-41(39-51-38-37-42(45(49)50)46(3,4)5)40-52-43(47)35-33-31-29-27-15-13-11-9-7-2/h8-11,14-16,18-19,21-22,24-25,27-28,30,41-42H,6-7,12-13,17,20,23,26,29,31-40H2,1-5H3/b10-8+,11-9+,16-14+,19-18+,22-21+,25-24+,27-15+,30-28+. The quantitative estimate of drug-likeness (QED) is 0.0287. The average molecular weight is 738 g/mol. The van der Waals surface area contributed by atoms with E-state index in [1.807, 2.05) is 0 Å². The van der Waals surface area contributed by atoms with Gasteiger partial charge in [-0.3, -0.25) is 9.59 Å². The number of ether oxygens (including phenoxy) is 3. The number of hydrogen-bond donors (Lipinski definition) is 0. The highest BCUT2D eigenvalue weighted by Gasteiger charge is 2.25. The highest BCUT2D eigenvalue weighted by molar-refractivity contribution is 5.70. The van der Waals surface area contributed by atoms with E-state index in [4.69, 9.17) is 14.2 Å². The van der Waals surface area contributed by atoms with Crippen LogP contribution in [0.2, 0.25) is 0 Å². The molecule has 0 aliphatic carbocycles. The van der Waals surface area contributed by atoms with Gasteiger partial charge in [0.25, 0.3) is 0 Å². The summed E-state index contributed by atoms with van der Waals surface area (Å²) in [6.07, 6.45) is 46.0.